The fraction of sp³-hybridized carbons (Fsp3) is 0.556. The van der Waals surface area contributed by atoms with Crippen molar-refractivity contribution in [1.82, 2.24) is 4.90 Å². The standard InChI is InChI=1S/C18H25N3O/c1-3-21(4-2)13-15-8-7-9-16(12-15)20-17(22)18(14-19)10-5-6-11-18/h7-9,12H,3-6,10-11,13H2,1-2H3,(H,20,22). The van der Waals surface area contributed by atoms with E-state index in [4.69, 9.17) is 0 Å². The van der Waals surface area contributed by atoms with Crippen molar-refractivity contribution < 1.29 is 4.79 Å². The minimum Gasteiger partial charge on any atom is -0.325 e. The average molecular weight is 299 g/mol. The largest absolute Gasteiger partial charge is 0.325 e. The molecule has 1 aliphatic carbocycles. The Morgan fingerprint density at radius 3 is 2.59 bits per heavy atom. The lowest BCUT2D eigenvalue weighted by molar-refractivity contribution is -0.122. The topological polar surface area (TPSA) is 56.1 Å². The van der Waals surface area contributed by atoms with E-state index in [9.17, 15) is 10.1 Å². The Balaban J connectivity index is 2.07. The summed E-state index contributed by atoms with van der Waals surface area (Å²) < 4.78 is 0. The molecule has 0 saturated heterocycles. The van der Waals surface area contributed by atoms with E-state index < -0.39 is 5.41 Å². The number of anilines is 1. The molecule has 0 unspecified atom stereocenters. The molecule has 0 spiro atoms. The molecule has 1 saturated carbocycles. The van der Waals surface area contributed by atoms with Crippen molar-refractivity contribution in [1.29, 1.82) is 5.26 Å². The number of benzene rings is 1. The maximum absolute atomic E-state index is 12.5. The molecule has 4 nitrogen and oxygen atoms in total. The summed E-state index contributed by atoms with van der Waals surface area (Å²) >= 11 is 0. The summed E-state index contributed by atoms with van der Waals surface area (Å²) in [6.07, 6.45) is 3.27. The third-order valence-corrected chi connectivity index (χ3v) is 4.59. The van der Waals surface area contributed by atoms with Gasteiger partial charge in [-0.15, -0.1) is 0 Å². The SMILES string of the molecule is CCN(CC)Cc1cccc(NC(=O)C2(C#N)CCCC2)c1. The van der Waals surface area contributed by atoms with Crippen molar-refractivity contribution in [3.05, 3.63) is 29.8 Å². The van der Waals surface area contributed by atoms with Gasteiger partial charge in [-0.1, -0.05) is 38.8 Å². The number of amides is 1. The van der Waals surface area contributed by atoms with Gasteiger partial charge in [0.1, 0.15) is 5.41 Å². The van der Waals surface area contributed by atoms with Gasteiger partial charge < -0.3 is 5.32 Å². The Bertz CT molecular complexity index is 552. The Kier molecular flexibility index (Phi) is 5.57. The lowest BCUT2D eigenvalue weighted by Gasteiger charge is -2.21. The van der Waals surface area contributed by atoms with Crippen molar-refractivity contribution >= 4 is 11.6 Å². The monoisotopic (exact) mass is 299 g/mol. The van der Waals surface area contributed by atoms with Crippen LogP contribution in [0.3, 0.4) is 0 Å². The first-order valence-corrected chi connectivity index (χ1v) is 8.17. The molecule has 0 aromatic heterocycles. The summed E-state index contributed by atoms with van der Waals surface area (Å²) in [5.41, 5.74) is 1.14. The third-order valence-electron chi connectivity index (χ3n) is 4.59. The van der Waals surface area contributed by atoms with E-state index in [-0.39, 0.29) is 5.91 Å². The van der Waals surface area contributed by atoms with Gasteiger partial charge >= 0.3 is 0 Å². The number of rotatable bonds is 6. The molecule has 0 radical (unpaired) electrons. The van der Waals surface area contributed by atoms with Crippen LogP contribution in [0.2, 0.25) is 0 Å². The van der Waals surface area contributed by atoms with Crippen LogP contribution in [-0.4, -0.2) is 23.9 Å². The van der Waals surface area contributed by atoms with Crippen LogP contribution in [-0.2, 0) is 11.3 Å². The number of carbonyl (C=O) groups is 1. The van der Waals surface area contributed by atoms with E-state index in [0.717, 1.165) is 38.2 Å². The molecule has 1 aromatic carbocycles. The summed E-state index contributed by atoms with van der Waals surface area (Å²) in [6.45, 7) is 7.17. The maximum Gasteiger partial charge on any atom is 0.244 e. The minimum absolute atomic E-state index is 0.146. The van der Waals surface area contributed by atoms with Crippen LogP contribution in [0, 0.1) is 16.7 Å². The summed E-state index contributed by atoms with van der Waals surface area (Å²) in [5, 5.41) is 12.3. The number of carbonyl (C=O) groups excluding carboxylic acids is 1. The molecule has 118 valence electrons. The van der Waals surface area contributed by atoms with Gasteiger partial charge in [0, 0.05) is 12.2 Å². The number of hydrogen-bond acceptors (Lipinski definition) is 3. The molecule has 1 aromatic rings. The highest BCUT2D eigenvalue weighted by Crippen LogP contribution is 2.38. The van der Waals surface area contributed by atoms with E-state index in [0.29, 0.717) is 12.8 Å². The summed E-state index contributed by atoms with van der Waals surface area (Å²) in [6, 6.07) is 10.2. The van der Waals surface area contributed by atoms with Gasteiger partial charge in [-0.3, -0.25) is 9.69 Å². The van der Waals surface area contributed by atoms with E-state index in [1.54, 1.807) is 0 Å². The van der Waals surface area contributed by atoms with E-state index in [2.05, 4.69) is 36.2 Å². The first-order valence-electron chi connectivity index (χ1n) is 8.17. The Morgan fingerprint density at radius 1 is 1.32 bits per heavy atom. The fourth-order valence-electron chi connectivity index (χ4n) is 3.07. The van der Waals surface area contributed by atoms with Crippen LogP contribution in [0.15, 0.2) is 24.3 Å². The maximum atomic E-state index is 12.5. The quantitative estimate of drug-likeness (QED) is 0.874. The molecule has 2 rings (SSSR count). The van der Waals surface area contributed by atoms with Crippen LogP contribution < -0.4 is 5.32 Å². The van der Waals surface area contributed by atoms with Gasteiger partial charge in [0.2, 0.25) is 5.91 Å². The highest BCUT2D eigenvalue weighted by atomic mass is 16.2. The highest BCUT2D eigenvalue weighted by molar-refractivity contribution is 5.97. The predicted molar refractivity (Wildman–Crippen MR) is 88.2 cm³/mol. The van der Waals surface area contributed by atoms with Gasteiger partial charge in [0.25, 0.3) is 0 Å². The number of hydrogen-bond donors (Lipinski definition) is 1. The molecule has 1 amide bonds. The zero-order chi connectivity index (χ0) is 16.0. The van der Waals surface area contributed by atoms with Crippen molar-refractivity contribution in [3.63, 3.8) is 0 Å². The Hall–Kier alpha value is -1.86. The van der Waals surface area contributed by atoms with Gasteiger partial charge in [0.05, 0.1) is 6.07 Å². The fourth-order valence-corrected chi connectivity index (χ4v) is 3.07. The average Bonchev–Trinajstić information content (AvgIpc) is 3.03. The Morgan fingerprint density at radius 2 is 2.00 bits per heavy atom. The Labute approximate surface area is 133 Å². The van der Waals surface area contributed by atoms with E-state index in [1.165, 1.54) is 5.56 Å². The summed E-state index contributed by atoms with van der Waals surface area (Å²) in [7, 11) is 0. The molecule has 4 heteroatoms. The first kappa shape index (κ1) is 16.5. The molecule has 0 atom stereocenters. The number of nitriles is 1. The van der Waals surface area contributed by atoms with Crippen LogP contribution in [0.1, 0.15) is 45.1 Å². The minimum atomic E-state index is -0.825. The lowest BCUT2D eigenvalue weighted by Crippen LogP contribution is -2.32. The molecule has 22 heavy (non-hydrogen) atoms. The second kappa shape index (κ2) is 7.42. The zero-order valence-electron chi connectivity index (χ0n) is 13.6. The highest BCUT2D eigenvalue weighted by Gasteiger charge is 2.41. The van der Waals surface area contributed by atoms with Crippen molar-refractivity contribution in [3.8, 4) is 6.07 Å². The van der Waals surface area contributed by atoms with Gasteiger partial charge in [0.15, 0.2) is 0 Å². The smallest absolute Gasteiger partial charge is 0.244 e. The normalized spacial score (nSPS) is 16.5. The summed E-state index contributed by atoms with van der Waals surface area (Å²) in [4.78, 5) is 14.8. The van der Waals surface area contributed by atoms with E-state index >= 15 is 0 Å². The molecule has 1 aliphatic rings. The summed E-state index contributed by atoms with van der Waals surface area (Å²) in [5.74, 6) is -0.146. The molecule has 0 heterocycles. The van der Waals surface area contributed by atoms with Crippen molar-refractivity contribution in [2.45, 2.75) is 46.1 Å². The predicted octanol–water partition coefficient (Wildman–Crippen LogP) is 3.55. The lowest BCUT2D eigenvalue weighted by atomic mass is 9.87. The molecular weight excluding hydrogens is 274 g/mol. The van der Waals surface area contributed by atoms with Crippen LogP contribution in [0.25, 0.3) is 0 Å². The van der Waals surface area contributed by atoms with Crippen molar-refractivity contribution in [2.24, 2.45) is 5.41 Å². The van der Waals surface area contributed by atoms with Crippen LogP contribution in [0.4, 0.5) is 5.69 Å². The second-order valence-electron chi connectivity index (χ2n) is 6.02. The van der Waals surface area contributed by atoms with Gasteiger partial charge in [-0.05, 0) is 43.6 Å². The number of nitrogens with one attached hydrogen (secondary N) is 1. The zero-order valence-corrected chi connectivity index (χ0v) is 13.6. The molecule has 1 N–H and O–H groups in total. The second-order valence-corrected chi connectivity index (χ2v) is 6.02. The molecule has 1 fully saturated rings. The van der Waals surface area contributed by atoms with Crippen LogP contribution >= 0.6 is 0 Å². The van der Waals surface area contributed by atoms with Crippen molar-refractivity contribution in [2.75, 3.05) is 18.4 Å². The van der Waals surface area contributed by atoms with Gasteiger partial charge in [-0.25, -0.2) is 0 Å². The molecule has 0 bridgehead atoms. The first-order chi connectivity index (χ1) is 10.6. The number of nitrogens with zero attached hydrogens (tertiary/aromatic N) is 2. The van der Waals surface area contributed by atoms with Crippen LogP contribution in [0.5, 0.6) is 0 Å². The third kappa shape index (κ3) is 3.66. The molecule has 0 aliphatic heterocycles. The van der Waals surface area contributed by atoms with E-state index in [1.807, 2.05) is 18.2 Å². The molecular formula is C18H25N3O. The van der Waals surface area contributed by atoms with Gasteiger partial charge in [-0.2, -0.15) is 5.26 Å².